The van der Waals surface area contributed by atoms with Crippen LogP contribution in [0, 0.1) is 0 Å². The number of nitrogens with zero attached hydrogens (tertiary/aromatic N) is 1. The van der Waals surface area contributed by atoms with Crippen LogP contribution in [-0.4, -0.2) is 41.1 Å². The molecule has 1 fully saturated rings. The first-order valence-electron chi connectivity index (χ1n) is 6.89. The lowest BCUT2D eigenvalue weighted by Gasteiger charge is -2.35. The third-order valence-electron chi connectivity index (χ3n) is 3.71. The highest BCUT2D eigenvalue weighted by atomic mass is 16.4. The van der Waals surface area contributed by atoms with E-state index in [1.165, 1.54) is 0 Å². The Morgan fingerprint density at radius 1 is 1.37 bits per heavy atom. The number of unbranched alkanes of at least 4 members (excludes halogenated alkanes) is 1. The van der Waals surface area contributed by atoms with Gasteiger partial charge in [-0.05, 0) is 25.7 Å². The highest BCUT2D eigenvalue weighted by Crippen LogP contribution is 2.28. The van der Waals surface area contributed by atoms with E-state index in [1.54, 1.807) is 11.9 Å². The highest BCUT2D eigenvalue weighted by Gasteiger charge is 2.41. The second kappa shape index (κ2) is 7.16. The normalized spacial score (nSPS) is 17.5. The monoisotopic (exact) mass is 268 g/mol. The molecule has 19 heavy (non-hydrogen) atoms. The molecule has 0 unspecified atom stereocenters. The smallest absolute Gasteiger partial charge is 0.329 e. The van der Waals surface area contributed by atoms with Gasteiger partial charge in [-0.3, -0.25) is 0 Å². The summed E-state index contributed by atoms with van der Waals surface area (Å²) in [4.78, 5) is 25.0. The zero-order valence-electron chi connectivity index (χ0n) is 11.7. The lowest BCUT2D eigenvalue weighted by molar-refractivity contribution is -0.145. The van der Waals surface area contributed by atoms with E-state index in [9.17, 15) is 14.7 Å². The van der Waals surface area contributed by atoms with Gasteiger partial charge in [0.15, 0.2) is 0 Å². The van der Waals surface area contributed by atoms with Crippen molar-refractivity contribution in [2.75, 3.05) is 13.6 Å². The topological polar surface area (TPSA) is 69.6 Å². The molecule has 0 atom stereocenters. The number of hydrogen-bond donors (Lipinski definition) is 2. The minimum absolute atomic E-state index is 0.298. The van der Waals surface area contributed by atoms with E-state index < -0.39 is 11.5 Å². The first kappa shape index (κ1) is 15.5. The molecule has 0 aliphatic heterocycles. The maximum atomic E-state index is 12.0. The Bertz CT molecular complexity index is 336. The second-order valence-corrected chi connectivity index (χ2v) is 5.23. The molecule has 0 spiro atoms. The van der Waals surface area contributed by atoms with E-state index in [2.05, 4.69) is 11.9 Å². The predicted octanol–water partition coefficient (Wildman–Crippen LogP) is 2.38. The number of carboxylic acid groups (broad SMARTS) is 1. The van der Waals surface area contributed by atoms with Crippen LogP contribution in [-0.2, 0) is 4.79 Å². The van der Waals surface area contributed by atoms with Crippen LogP contribution in [0.15, 0.2) is 12.7 Å². The van der Waals surface area contributed by atoms with Crippen LogP contribution < -0.4 is 5.32 Å². The van der Waals surface area contributed by atoms with Gasteiger partial charge in [0.2, 0.25) is 0 Å². The van der Waals surface area contributed by atoms with Crippen molar-refractivity contribution in [1.82, 2.24) is 10.2 Å². The minimum atomic E-state index is -1.07. The van der Waals surface area contributed by atoms with Gasteiger partial charge in [-0.2, -0.15) is 0 Å². The van der Waals surface area contributed by atoms with Crippen molar-refractivity contribution in [1.29, 1.82) is 0 Å². The lowest BCUT2D eigenvalue weighted by Crippen LogP contribution is -2.58. The molecule has 5 nitrogen and oxygen atoms in total. The number of aliphatic carboxylic acids is 1. The van der Waals surface area contributed by atoms with Gasteiger partial charge in [0.05, 0.1) is 0 Å². The van der Waals surface area contributed by atoms with Gasteiger partial charge in [0, 0.05) is 13.6 Å². The fourth-order valence-corrected chi connectivity index (χ4v) is 2.42. The summed E-state index contributed by atoms with van der Waals surface area (Å²) in [6.07, 6.45) is 7.30. The van der Waals surface area contributed by atoms with E-state index >= 15 is 0 Å². The van der Waals surface area contributed by atoms with E-state index in [1.807, 2.05) is 6.08 Å². The van der Waals surface area contributed by atoms with E-state index in [0.29, 0.717) is 19.4 Å². The second-order valence-electron chi connectivity index (χ2n) is 5.23. The Hall–Kier alpha value is -1.52. The molecule has 0 aromatic heterocycles. The van der Waals surface area contributed by atoms with E-state index in [4.69, 9.17) is 0 Å². The molecule has 108 valence electrons. The Morgan fingerprint density at radius 2 is 2.00 bits per heavy atom. The standard InChI is InChI=1S/C14H24N2O3/c1-3-4-8-11-16(2)13(19)15-14(12(17)18)9-6-5-7-10-14/h3H,1,4-11H2,2H3,(H,15,19)(H,17,18). The van der Waals surface area contributed by atoms with Crippen molar-refractivity contribution in [2.24, 2.45) is 0 Å². The average Bonchev–Trinajstić information content (AvgIpc) is 2.39. The van der Waals surface area contributed by atoms with Crippen molar-refractivity contribution in [3.63, 3.8) is 0 Å². The van der Waals surface area contributed by atoms with Gasteiger partial charge in [0.1, 0.15) is 5.54 Å². The van der Waals surface area contributed by atoms with Crippen molar-refractivity contribution in [3.8, 4) is 0 Å². The fraction of sp³-hybridized carbons (Fsp3) is 0.714. The number of allylic oxidation sites excluding steroid dienone is 1. The zero-order valence-corrected chi connectivity index (χ0v) is 11.7. The minimum Gasteiger partial charge on any atom is -0.480 e. The molecule has 5 heteroatoms. The molecule has 0 aromatic carbocycles. The van der Waals surface area contributed by atoms with Crippen molar-refractivity contribution in [3.05, 3.63) is 12.7 Å². The van der Waals surface area contributed by atoms with Gasteiger partial charge in [-0.1, -0.05) is 25.3 Å². The Labute approximate surface area is 114 Å². The summed E-state index contributed by atoms with van der Waals surface area (Å²) in [7, 11) is 1.69. The summed E-state index contributed by atoms with van der Waals surface area (Å²) in [5.41, 5.74) is -1.07. The summed E-state index contributed by atoms with van der Waals surface area (Å²) in [6, 6.07) is -0.298. The number of rotatable bonds is 6. The quantitative estimate of drug-likeness (QED) is 0.574. The molecule has 0 heterocycles. The number of nitrogens with one attached hydrogen (secondary N) is 1. The number of carboxylic acids is 1. The van der Waals surface area contributed by atoms with Gasteiger partial charge >= 0.3 is 12.0 Å². The molecule has 0 saturated heterocycles. The molecular weight excluding hydrogens is 244 g/mol. The summed E-state index contributed by atoms with van der Waals surface area (Å²) in [5.74, 6) is -0.917. The summed E-state index contributed by atoms with van der Waals surface area (Å²) < 4.78 is 0. The fourth-order valence-electron chi connectivity index (χ4n) is 2.42. The van der Waals surface area contributed by atoms with Crippen LogP contribution in [0.1, 0.15) is 44.9 Å². The number of amides is 2. The molecule has 2 amide bonds. The summed E-state index contributed by atoms with van der Waals surface area (Å²) in [5, 5.41) is 12.1. The van der Waals surface area contributed by atoms with Crippen LogP contribution in [0.2, 0.25) is 0 Å². The molecule has 1 saturated carbocycles. The predicted molar refractivity (Wildman–Crippen MR) is 74.0 cm³/mol. The molecule has 0 aromatic rings. The number of carbonyl (C=O) groups is 2. The van der Waals surface area contributed by atoms with Gasteiger partial charge in [-0.25, -0.2) is 9.59 Å². The number of hydrogen-bond acceptors (Lipinski definition) is 2. The third kappa shape index (κ3) is 4.26. The maximum Gasteiger partial charge on any atom is 0.329 e. The van der Waals surface area contributed by atoms with Crippen molar-refractivity contribution < 1.29 is 14.7 Å². The molecule has 1 aliphatic carbocycles. The first-order chi connectivity index (χ1) is 9.02. The van der Waals surface area contributed by atoms with Crippen molar-refractivity contribution in [2.45, 2.75) is 50.5 Å². The van der Waals surface area contributed by atoms with E-state index in [-0.39, 0.29) is 6.03 Å². The Kier molecular flexibility index (Phi) is 5.86. The van der Waals surface area contributed by atoms with Crippen LogP contribution in [0.25, 0.3) is 0 Å². The average molecular weight is 268 g/mol. The molecule has 0 bridgehead atoms. The van der Waals surface area contributed by atoms with Crippen LogP contribution in [0.5, 0.6) is 0 Å². The molecule has 1 aliphatic rings. The highest BCUT2D eigenvalue weighted by molar-refractivity contribution is 5.86. The lowest BCUT2D eigenvalue weighted by atomic mass is 9.82. The SMILES string of the molecule is C=CCCCN(C)C(=O)NC1(C(=O)O)CCCCC1. The molecule has 0 radical (unpaired) electrons. The Balaban J connectivity index is 2.56. The van der Waals surface area contributed by atoms with Crippen LogP contribution >= 0.6 is 0 Å². The van der Waals surface area contributed by atoms with E-state index in [0.717, 1.165) is 32.1 Å². The van der Waals surface area contributed by atoms with Crippen molar-refractivity contribution >= 4 is 12.0 Å². The maximum absolute atomic E-state index is 12.0. The Morgan fingerprint density at radius 3 is 2.53 bits per heavy atom. The molecule has 1 rings (SSSR count). The van der Waals surface area contributed by atoms with Gasteiger partial charge < -0.3 is 15.3 Å². The van der Waals surface area contributed by atoms with Gasteiger partial charge in [0.25, 0.3) is 0 Å². The zero-order chi connectivity index (χ0) is 14.3. The summed E-state index contributed by atoms with van der Waals surface area (Å²) >= 11 is 0. The molecular formula is C14H24N2O3. The summed E-state index contributed by atoms with van der Waals surface area (Å²) in [6.45, 7) is 4.24. The third-order valence-corrected chi connectivity index (χ3v) is 3.71. The number of carbonyl (C=O) groups excluding carboxylic acids is 1. The van der Waals surface area contributed by atoms with Crippen LogP contribution in [0.4, 0.5) is 4.79 Å². The molecule has 2 N–H and O–H groups in total. The first-order valence-corrected chi connectivity index (χ1v) is 6.89. The largest absolute Gasteiger partial charge is 0.480 e. The van der Waals surface area contributed by atoms with Gasteiger partial charge in [-0.15, -0.1) is 6.58 Å². The van der Waals surface area contributed by atoms with Crippen LogP contribution in [0.3, 0.4) is 0 Å². The number of urea groups is 1.